The summed E-state index contributed by atoms with van der Waals surface area (Å²) >= 11 is 5.44. The molecule has 1 heterocycles. The second-order valence-corrected chi connectivity index (χ2v) is 7.71. The molecule has 3 atom stereocenters. The Balaban J connectivity index is 1.86. The Kier molecular flexibility index (Phi) is 5.07. The summed E-state index contributed by atoms with van der Waals surface area (Å²) in [5.41, 5.74) is 0. The van der Waals surface area contributed by atoms with Crippen LogP contribution in [-0.4, -0.2) is 12.6 Å². The topological polar surface area (TPSA) is 12.0 Å². The highest BCUT2D eigenvalue weighted by atomic mass is 79.9. The lowest BCUT2D eigenvalue weighted by Gasteiger charge is -2.21. The molecule has 3 unspecified atom stereocenters. The molecule has 0 aromatic carbocycles. The molecule has 17 heavy (non-hydrogen) atoms. The summed E-state index contributed by atoms with van der Waals surface area (Å²) in [5.74, 6) is 1.69. The number of nitrogens with one attached hydrogen (secondary N) is 1. The van der Waals surface area contributed by atoms with E-state index in [2.05, 4.69) is 47.2 Å². The third-order valence-electron chi connectivity index (χ3n) is 3.98. The Morgan fingerprint density at radius 3 is 2.88 bits per heavy atom. The molecule has 0 saturated heterocycles. The van der Waals surface area contributed by atoms with Crippen molar-refractivity contribution in [1.82, 2.24) is 5.32 Å². The van der Waals surface area contributed by atoms with Gasteiger partial charge in [-0.05, 0) is 72.1 Å². The summed E-state index contributed by atoms with van der Waals surface area (Å²) in [5, 5.41) is 3.70. The van der Waals surface area contributed by atoms with Gasteiger partial charge in [-0.1, -0.05) is 13.8 Å². The van der Waals surface area contributed by atoms with Crippen LogP contribution in [0.4, 0.5) is 0 Å². The normalized spacial score (nSPS) is 28.8. The quantitative estimate of drug-likeness (QED) is 0.845. The van der Waals surface area contributed by atoms with E-state index in [0.717, 1.165) is 17.9 Å². The SMILES string of the molecule is CCCNC1CCC(Cc2ccc(Br)s2)C1C. The standard InChI is InChI=1S/C14H22BrNS/c1-3-8-16-13-6-4-11(10(13)2)9-12-5-7-14(15)17-12/h5,7,10-11,13,16H,3-4,6,8-9H2,1-2H3. The predicted molar refractivity (Wildman–Crippen MR) is 79.7 cm³/mol. The molecule has 2 rings (SSSR count). The molecule has 1 fully saturated rings. The molecule has 1 aliphatic carbocycles. The van der Waals surface area contributed by atoms with E-state index in [-0.39, 0.29) is 0 Å². The zero-order valence-corrected chi connectivity index (χ0v) is 13.1. The molecule has 96 valence electrons. The van der Waals surface area contributed by atoms with Gasteiger partial charge in [-0.2, -0.15) is 0 Å². The molecule has 1 nitrogen and oxygen atoms in total. The zero-order chi connectivity index (χ0) is 12.3. The van der Waals surface area contributed by atoms with Crippen molar-refractivity contribution >= 4 is 27.3 Å². The smallest absolute Gasteiger partial charge is 0.0701 e. The number of hydrogen-bond donors (Lipinski definition) is 1. The summed E-state index contributed by atoms with van der Waals surface area (Å²) in [6, 6.07) is 5.20. The van der Waals surface area contributed by atoms with E-state index in [4.69, 9.17) is 0 Å². The Morgan fingerprint density at radius 2 is 2.24 bits per heavy atom. The minimum atomic E-state index is 0.753. The molecule has 1 aliphatic rings. The molecule has 0 bridgehead atoms. The molecule has 1 aromatic rings. The van der Waals surface area contributed by atoms with Gasteiger partial charge in [0.1, 0.15) is 0 Å². The van der Waals surface area contributed by atoms with E-state index in [1.54, 1.807) is 0 Å². The van der Waals surface area contributed by atoms with Gasteiger partial charge in [0.05, 0.1) is 3.79 Å². The fourth-order valence-corrected chi connectivity index (χ4v) is 4.45. The van der Waals surface area contributed by atoms with Crippen LogP contribution in [0.15, 0.2) is 15.9 Å². The molecule has 0 aliphatic heterocycles. The monoisotopic (exact) mass is 315 g/mol. The van der Waals surface area contributed by atoms with Crippen LogP contribution in [0.1, 0.15) is 38.0 Å². The molecule has 1 saturated carbocycles. The van der Waals surface area contributed by atoms with Crippen LogP contribution < -0.4 is 5.32 Å². The Bertz CT molecular complexity index is 350. The van der Waals surface area contributed by atoms with Crippen LogP contribution in [-0.2, 0) is 6.42 Å². The van der Waals surface area contributed by atoms with Crippen molar-refractivity contribution in [1.29, 1.82) is 0 Å². The Hall–Kier alpha value is 0.140. The molecule has 0 radical (unpaired) electrons. The van der Waals surface area contributed by atoms with Crippen molar-refractivity contribution in [2.75, 3.05) is 6.54 Å². The minimum absolute atomic E-state index is 0.753. The lowest BCUT2D eigenvalue weighted by atomic mass is 9.92. The molecular formula is C14H22BrNS. The second-order valence-electron chi connectivity index (χ2n) is 5.17. The number of hydrogen-bond acceptors (Lipinski definition) is 2. The third-order valence-corrected chi connectivity index (χ3v) is 5.62. The van der Waals surface area contributed by atoms with Gasteiger partial charge >= 0.3 is 0 Å². The van der Waals surface area contributed by atoms with Gasteiger partial charge in [0.2, 0.25) is 0 Å². The van der Waals surface area contributed by atoms with Crippen molar-refractivity contribution in [3.05, 3.63) is 20.8 Å². The van der Waals surface area contributed by atoms with E-state index in [9.17, 15) is 0 Å². The minimum Gasteiger partial charge on any atom is -0.314 e. The lowest BCUT2D eigenvalue weighted by molar-refractivity contribution is 0.352. The molecule has 1 aromatic heterocycles. The lowest BCUT2D eigenvalue weighted by Crippen LogP contribution is -2.33. The number of rotatable bonds is 5. The van der Waals surface area contributed by atoms with Crippen molar-refractivity contribution in [2.24, 2.45) is 11.8 Å². The van der Waals surface area contributed by atoms with E-state index in [1.807, 2.05) is 11.3 Å². The Labute approximate surface area is 117 Å². The van der Waals surface area contributed by atoms with Gasteiger partial charge in [-0.3, -0.25) is 0 Å². The molecule has 1 N–H and O–H groups in total. The zero-order valence-electron chi connectivity index (χ0n) is 10.7. The number of thiophene rings is 1. The number of halogens is 1. The largest absolute Gasteiger partial charge is 0.314 e. The van der Waals surface area contributed by atoms with Crippen LogP contribution in [0.5, 0.6) is 0 Å². The van der Waals surface area contributed by atoms with Gasteiger partial charge in [0.25, 0.3) is 0 Å². The molecular weight excluding hydrogens is 294 g/mol. The van der Waals surface area contributed by atoms with Crippen LogP contribution in [0.25, 0.3) is 0 Å². The van der Waals surface area contributed by atoms with Crippen molar-refractivity contribution in [3.8, 4) is 0 Å². The van der Waals surface area contributed by atoms with Crippen LogP contribution in [0, 0.1) is 11.8 Å². The van der Waals surface area contributed by atoms with E-state index in [1.165, 1.54) is 40.9 Å². The van der Waals surface area contributed by atoms with Crippen LogP contribution >= 0.6 is 27.3 Å². The summed E-state index contributed by atoms with van der Waals surface area (Å²) in [6.07, 6.45) is 5.25. The second kappa shape index (κ2) is 6.35. The van der Waals surface area contributed by atoms with Crippen molar-refractivity contribution < 1.29 is 0 Å². The first-order valence-electron chi connectivity index (χ1n) is 6.68. The average molecular weight is 316 g/mol. The maximum Gasteiger partial charge on any atom is 0.0701 e. The van der Waals surface area contributed by atoms with Gasteiger partial charge in [0.15, 0.2) is 0 Å². The maximum atomic E-state index is 3.70. The first kappa shape index (κ1) is 13.6. The van der Waals surface area contributed by atoms with Crippen LogP contribution in [0.3, 0.4) is 0 Å². The fourth-order valence-electron chi connectivity index (χ4n) is 2.87. The van der Waals surface area contributed by atoms with E-state index >= 15 is 0 Å². The fraction of sp³-hybridized carbons (Fsp3) is 0.714. The summed E-state index contributed by atoms with van der Waals surface area (Å²) in [7, 11) is 0. The van der Waals surface area contributed by atoms with Crippen LogP contribution in [0.2, 0.25) is 0 Å². The highest BCUT2D eigenvalue weighted by molar-refractivity contribution is 9.11. The molecule has 0 amide bonds. The third kappa shape index (κ3) is 3.55. The van der Waals surface area contributed by atoms with Gasteiger partial charge in [-0.15, -0.1) is 11.3 Å². The molecule has 0 spiro atoms. The Morgan fingerprint density at radius 1 is 1.41 bits per heavy atom. The van der Waals surface area contributed by atoms with Crippen molar-refractivity contribution in [2.45, 2.75) is 45.6 Å². The highest BCUT2D eigenvalue weighted by Gasteiger charge is 2.32. The maximum absolute atomic E-state index is 3.70. The first-order valence-corrected chi connectivity index (χ1v) is 8.29. The van der Waals surface area contributed by atoms with Gasteiger partial charge < -0.3 is 5.32 Å². The average Bonchev–Trinajstić information content (AvgIpc) is 2.86. The summed E-state index contributed by atoms with van der Waals surface area (Å²) in [4.78, 5) is 1.53. The van der Waals surface area contributed by atoms with Crippen molar-refractivity contribution in [3.63, 3.8) is 0 Å². The predicted octanol–water partition coefficient (Wildman–Crippen LogP) is 4.47. The van der Waals surface area contributed by atoms with Gasteiger partial charge in [-0.25, -0.2) is 0 Å². The van der Waals surface area contributed by atoms with E-state index < -0.39 is 0 Å². The highest BCUT2D eigenvalue weighted by Crippen LogP contribution is 2.36. The van der Waals surface area contributed by atoms with E-state index in [0.29, 0.717) is 0 Å². The first-order chi connectivity index (χ1) is 8.20. The summed E-state index contributed by atoms with van der Waals surface area (Å²) < 4.78 is 1.26. The van der Waals surface area contributed by atoms with Gasteiger partial charge in [0, 0.05) is 10.9 Å². The summed E-state index contributed by atoms with van der Waals surface area (Å²) in [6.45, 7) is 5.84. The molecule has 3 heteroatoms.